The number of nitrogens with one attached hydrogen (secondary N) is 10. The molecule has 2 unspecified atom stereocenters. The van der Waals surface area contributed by atoms with Gasteiger partial charge in [0.05, 0.1) is 6.10 Å². The van der Waals surface area contributed by atoms with Gasteiger partial charge in [-0.15, -0.1) is 0 Å². The number of cyclic esters (lactones) is 1. The van der Waals surface area contributed by atoms with Gasteiger partial charge in [-0.2, -0.15) is 0 Å². The maximum absolute atomic E-state index is 14.5. The second kappa shape index (κ2) is 39.6. The SMILES string of the molecule is CCCCCCCC(=O)N[C@@H](CCN)C(=O)N[C@H](C(=O)N[C@@H](CCN)C(=O)NC1CCNC(=O)[C@@H](N)[C@@H](C)OC(=O)[C@H](CCN)NC(=O)[C@H](CCN)NC(=O)[C@H](CC(C)C)NC(=O)[C@H](Cc2ccccc2)NC(=O)C(CCN)NC1=O)[C@@H](C)O. The third-order valence-corrected chi connectivity index (χ3v) is 13.7. The van der Waals surface area contributed by atoms with Crippen molar-refractivity contribution in [1.29, 1.82) is 0 Å². The lowest BCUT2D eigenvalue weighted by atomic mass is 10.00. The Kier molecular flexibility index (Phi) is 34.5. The smallest absolute Gasteiger partial charge is 0.329 e. The van der Waals surface area contributed by atoms with Crippen LogP contribution in [0.5, 0.6) is 0 Å². The maximum atomic E-state index is 14.5. The van der Waals surface area contributed by atoms with E-state index in [2.05, 4.69) is 60.1 Å². The van der Waals surface area contributed by atoms with Crippen molar-refractivity contribution < 1.29 is 62.6 Å². The molecule has 1 fully saturated rings. The zero-order valence-corrected chi connectivity index (χ0v) is 49.3. The Morgan fingerprint density at radius 2 is 1.13 bits per heavy atom. The van der Waals surface area contributed by atoms with E-state index in [9.17, 15) is 57.8 Å². The standard InChI is InChI=1S/C55H96N16O13/c1-6-7-8-9-13-16-43(73)63-35(17-23-56)50(78)71-45(32(4)72)54(82)67-38(20-26-59)46(74)66-39-22-28-62-53(81)44(61)33(5)84-55(83)40(21-27-60)68-47(75)36(18-24-57)65-51(79)41(29-31(2)3)69-52(80)42(30-34-14-11-10-12-15-34)70-48(76)37(19-25-58)64-49(39)77/h10-12,14-15,31-33,35-42,44-45,72H,6-9,13,16-30,56-61H2,1-5H3,(H,62,81)(H,63,73)(H,64,77)(H,65,79)(H,66,74)(H,67,82)(H,68,75)(H,69,80)(H,70,76)(H,71,78)/t32-,33-,35+,36+,37?,38+,39?,40+,41+,42+,44+,45+/m1/s1. The number of rotatable bonds is 28. The van der Waals surface area contributed by atoms with Gasteiger partial charge in [-0.1, -0.05) is 76.8 Å². The first-order chi connectivity index (χ1) is 39.9. The average molecular weight is 1190 g/mol. The molecule has 1 aliphatic rings. The van der Waals surface area contributed by atoms with Crippen LogP contribution in [0.2, 0.25) is 0 Å². The van der Waals surface area contributed by atoms with Crippen molar-refractivity contribution in [3.05, 3.63) is 35.9 Å². The summed E-state index contributed by atoms with van der Waals surface area (Å²) in [5, 5.41) is 36.5. The molecule has 29 heteroatoms. The van der Waals surface area contributed by atoms with Crippen LogP contribution in [0.15, 0.2) is 30.3 Å². The molecule has 0 radical (unpaired) electrons. The van der Waals surface area contributed by atoms with Crippen molar-refractivity contribution in [3.8, 4) is 0 Å². The summed E-state index contributed by atoms with van der Waals surface area (Å²) in [7, 11) is 0. The van der Waals surface area contributed by atoms with Gasteiger partial charge < -0.3 is 97.4 Å². The summed E-state index contributed by atoms with van der Waals surface area (Å²) in [5.41, 5.74) is 36.1. The van der Waals surface area contributed by atoms with Gasteiger partial charge in [0, 0.05) is 19.4 Å². The van der Waals surface area contributed by atoms with Gasteiger partial charge >= 0.3 is 5.97 Å². The first-order valence-corrected chi connectivity index (χ1v) is 29.1. The number of amides is 10. The van der Waals surface area contributed by atoms with E-state index in [1.54, 1.807) is 44.2 Å². The molecule has 23 N–H and O–H groups in total. The van der Waals surface area contributed by atoms with Crippen molar-refractivity contribution in [2.75, 3.05) is 39.3 Å². The van der Waals surface area contributed by atoms with Gasteiger partial charge in [-0.3, -0.25) is 47.9 Å². The van der Waals surface area contributed by atoms with Crippen LogP contribution in [-0.4, -0.2) is 182 Å². The first-order valence-electron chi connectivity index (χ1n) is 29.1. The number of benzene rings is 1. The van der Waals surface area contributed by atoms with E-state index in [1.807, 2.05) is 0 Å². The third kappa shape index (κ3) is 26.4. The normalized spacial score (nSPS) is 23.3. The number of hydrogen-bond donors (Lipinski definition) is 17. The summed E-state index contributed by atoms with van der Waals surface area (Å²) in [6, 6.07) is -5.93. The molecule has 0 saturated carbocycles. The Morgan fingerprint density at radius 3 is 1.69 bits per heavy atom. The number of aliphatic hydroxyl groups is 1. The maximum Gasteiger partial charge on any atom is 0.329 e. The molecule has 29 nitrogen and oxygen atoms in total. The quantitative estimate of drug-likeness (QED) is 0.0276. The predicted octanol–water partition coefficient (Wildman–Crippen LogP) is -5.10. The molecule has 474 valence electrons. The van der Waals surface area contributed by atoms with Crippen molar-refractivity contribution in [2.45, 2.75) is 197 Å². The summed E-state index contributed by atoms with van der Waals surface area (Å²) in [5.74, 6) is -9.80. The Balaban J connectivity index is 2.65. The summed E-state index contributed by atoms with van der Waals surface area (Å²) in [6.07, 6.45) is 0.421. The topological polar surface area (TPSA) is 494 Å². The summed E-state index contributed by atoms with van der Waals surface area (Å²) in [4.78, 5) is 153. The van der Waals surface area contributed by atoms with Crippen LogP contribution in [0.25, 0.3) is 0 Å². The zero-order chi connectivity index (χ0) is 62.9. The molecule has 0 aliphatic carbocycles. The van der Waals surface area contributed by atoms with Crippen molar-refractivity contribution in [3.63, 3.8) is 0 Å². The van der Waals surface area contributed by atoms with E-state index in [0.717, 1.165) is 25.7 Å². The van der Waals surface area contributed by atoms with Crippen LogP contribution in [0.3, 0.4) is 0 Å². The molecule has 12 atom stereocenters. The van der Waals surface area contributed by atoms with Gasteiger partial charge in [0.15, 0.2) is 0 Å². The first kappa shape index (κ1) is 73.2. The number of nitrogens with two attached hydrogens (primary N) is 6. The van der Waals surface area contributed by atoms with E-state index >= 15 is 0 Å². The summed E-state index contributed by atoms with van der Waals surface area (Å²) < 4.78 is 5.53. The van der Waals surface area contributed by atoms with Crippen LogP contribution in [-0.2, 0) is 63.9 Å². The van der Waals surface area contributed by atoms with Gasteiger partial charge in [0.1, 0.15) is 66.5 Å². The number of ether oxygens (including phenoxy) is 1. The molecule has 1 heterocycles. The summed E-state index contributed by atoms with van der Waals surface area (Å²) in [6.45, 7) is 7.14. The molecule has 0 spiro atoms. The number of hydrogen-bond acceptors (Lipinski definition) is 19. The lowest BCUT2D eigenvalue weighted by Crippen LogP contribution is -2.62. The Hall–Kier alpha value is -6.89. The summed E-state index contributed by atoms with van der Waals surface area (Å²) >= 11 is 0. The minimum Gasteiger partial charge on any atom is -0.459 e. The predicted molar refractivity (Wildman–Crippen MR) is 312 cm³/mol. The Labute approximate surface area is 492 Å². The zero-order valence-electron chi connectivity index (χ0n) is 49.3. The highest BCUT2D eigenvalue weighted by molar-refractivity contribution is 5.98. The molecule has 1 aromatic carbocycles. The van der Waals surface area contributed by atoms with Crippen LogP contribution in [0, 0.1) is 5.92 Å². The van der Waals surface area contributed by atoms with E-state index < -0.39 is 151 Å². The monoisotopic (exact) mass is 1190 g/mol. The molecule has 1 aromatic rings. The van der Waals surface area contributed by atoms with Crippen molar-refractivity contribution in [1.82, 2.24) is 53.2 Å². The number of aliphatic hydroxyl groups excluding tert-OH is 1. The van der Waals surface area contributed by atoms with Crippen LogP contribution in [0.4, 0.5) is 0 Å². The Bertz CT molecular complexity index is 2280. The number of esters is 1. The molecular weight excluding hydrogens is 1090 g/mol. The second-order valence-corrected chi connectivity index (χ2v) is 21.4. The van der Waals surface area contributed by atoms with Crippen LogP contribution >= 0.6 is 0 Å². The van der Waals surface area contributed by atoms with Crippen molar-refractivity contribution >= 4 is 65.0 Å². The van der Waals surface area contributed by atoms with Gasteiger partial charge in [0.25, 0.3) is 0 Å². The highest BCUT2D eigenvalue weighted by Crippen LogP contribution is 2.12. The van der Waals surface area contributed by atoms with Gasteiger partial charge in [-0.25, -0.2) is 4.79 Å². The van der Waals surface area contributed by atoms with E-state index in [-0.39, 0.29) is 90.0 Å². The fourth-order valence-electron chi connectivity index (χ4n) is 8.91. The fourth-order valence-corrected chi connectivity index (χ4v) is 8.91. The van der Waals surface area contributed by atoms with E-state index in [1.165, 1.54) is 13.8 Å². The van der Waals surface area contributed by atoms with Gasteiger partial charge in [-0.05, 0) is 109 Å². The van der Waals surface area contributed by atoms with Crippen molar-refractivity contribution in [2.24, 2.45) is 40.3 Å². The largest absolute Gasteiger partial charge is 0.459 e. The minimum absolute atomic E-state index is 0.00838. The van der Waals surface area contributed by atoms with E-state index in [0.29, 0.717) is 12.0 Å². The number of carbonyl (C=O) groups excluding carboxylic acids is 11. The average Bonchev–Trinajstić information content (AvgIpc) is 3.51. The van der Waals surface area contributed by atoms with Crippen LogP contribution < -0.4 is 87.6 Å². The van der Waals surface area contributed by atoms with Crippen LogP contribution in [0.1, 0.15) is 124 Å². The molecule has 0 aromatic heterocycles. The molecule has 0 bridgehead atoms. The minimum atomic E-state index is -1.69. The molecular formula is C55H96N16O13. The van der Waals surface area contributed by atoms with E-state index in [4.69, 9.17) is 39.1 Å². The molecule has 1 saturated heterocycles. The highest BCUT2D eigenvalue weighted by Gasteiger charge is 2.37. The Morgan fingerprint density at radius 1 is 0.619 bits per heavy atom. The molecule has 1 aliphatic heterocycles. The van der Waals surface area contributed by atoms with Gasteiger partial charge in [0.2, 0.25) is 59.1 Å². The number of carbonyl (C=O) groups is 11. The lowest BCUT2D eigenvalue weighted by Gasteiger charge is -2.29. The fraction of sp³-hybridized carbons (Fsp3) is 0.691. The number of unbranched alkanes of at least 4 members (excludes halogenated alkanes) is 4. The second-order valence-electron chi connectivity index (χ2n) is 21.4. The molecule has 2 rings (SSSR count). The molecule has 84 heavy (non-hydrogen) atoms. The molecule has 10 amide bonds. The third-order valence-electron chi connectivity index (χ3n) is 13.7. The highest BCUT2D eigenvalue weighted by atomic mass is 16.5. The lowest BCUT2D eigenvalue weighted by molar-refractivity contribution is -0.154.